The number of hydrogen-bond donors (Lipinski definition) is 1. The highest BCUT2D eigenvalue weighted by molar-refractivity contribution is 5.00. The van der Waals surface area contributed by atoms with Crippen molar-refractivity contribution in [1.29, 1.82) is 0 Å². The van der Waals surface area contributed by atoms with Crippen molar-refractivity contribution >= 4 is 0 Å². The predicted octanol–water partition coefficient (Wildman–Crippen LogP) is 2.28. The van der Waals surface area contributed by atoms with Gasteiger partial charge in [-0.25, -0.2) is 4.98 Å². The Morgan fingerprint density at radius 1 is 1.53 bits per heavy atom. The molecule has 0 saturated heterocycles. The van der Waals surface area contributed by atoms with Crippen LogP contribution < -0.4 is 5.32 Å². The van der Waals surface area contributed by atoms with E-state index in [1.54, 1.807) is 7.11 Å². The topological polar surface area (TPSA) is 39.1 Å². The Kier molecular flexibility index (Phi) is 5.15. The van der Waals surface area contributed by atoms with Crippen LogP contribution in [0.1, 0.15) is 45.5 Å². The second-order valence-corrected chi connectivity index (χ2v) is 5.07. The summed E-state index contributed by atoms with van der Waals surface area (Å²) in [6.45, 7) is 7.38. The first-order valence-electron chi connectivity index (χ1n) is 6.26. The van der Waals surface area contributed by atoms with E-state index in [0.29, 0.717) is 0 Å². The standard InChI is InChI=1S/C13H25N3O/c1-6-7-14-11(10-13(2,3)17-5)12-15-8-9-16(12)4/h8-9,11,14H,6-7,10H2,1-5H3. The highest BCUT2D eigenvalue weighted by Crippen LogP contribution is 2.24. The number of aryl methyl sites for hydroxylation is 1. The van der Waals surface area contributed by atoms with Crippen molar-refractivity contribution in [3.8, 4) is 0 Å². The van der Waals surface area contributed by atoms with Gasteiger partial charge in [0.1, 0.15) is 5.82 Å². The highest BCUT2D eigenvalue weighted by Gasteiger charge is 2.25. The van der Waals surface area contributed by atoms with Crippen LogP contribution >= 0.6 is 0 Å². The Hall–Kier alpha value is -0.870. The molecule has 4 nitrogen and oxygen atoms in total. The minimum absolute atomic E-state index is 0.142. The number of nitrogens with one attached hydrogen (secondary N) is 1. The molecule has 0 radical (unpaired) electrons. The molecule has 1 rings (SSSR count). The number of methoxy groups -OCH3 is 1. The fraction of sp³-hybridized carbons (Fsp3) is 0.769. The molecule has 0 fully saturated rings. The third-order valence-electron chi connectivity index (χ3n) is 3.06. The summed E-state index contributed by atoms with van der Waals surface area (Å²) in [6, 6.07) is 0.241. The molecule has 98 valence electrons. The van der Waals surface area contributed by atoms with Crippen LogP contribution in [0.25, 0.3) is 0 Å². The summed E-state index contributed by atoms with van der Waals surface area (Å²) < 4.78 is 7.58. The number of nitrogens with zero attached hydrogens (tertiary/aromatic N) is 2. The smallest absolute Gasteiger partial charge is 0.125 e. The first-order valence-corrected chi connectivity index (χ1v) is 6.26. The van der Waals surface area contributed by atoms with Gasteiger partial charge in [-0.1, -0.05) is 6.92 Å². The van der Waals surface area contributed by atoms with Gasteiger partial charge in [-0.3, -0.25) is 0 Å². The summed E-state index contributed by atoms with van der Waals surface area (Å²) in [7, 11) is 3.79. The van der Waals surface area contributed by atoms with E-state index in [9.17, 15) is 0 Å². The molecular formula is C13H25N3O. The van der Waals surface area contributed by atoms with Crippen LogP contribution in [-0.4, -0.2) is 28.8 Å². The van der Waals surface area contributed by atoms with Crippen LogP contribution in [0.3, 0.4) is 0 Å². The molecule has 0 aromatic carbocycles. The molecule has 1 unspecified atom stereocenters. The number of imidazole rings is 1. The van der Waals surface area contributed by atoms with Gasteiger partial charge in [-0.05, 0) is 33.2 Å². The van der Waals surface area contributed by atoms with Crippen LogP contribution in [0.4, 0.5) is 0 Å². The van der Waals surface area contributed by atoms with Gasteiger partial charge in [0.15, 0.2) is 0 Å². The van der Waals surface area contributed by atoms with Gasteiger partial charge in [0.25, 0.3) is 0 Å². The maximum absolute atomic E-state index is 5.51. The maximum atomic E-state index is 5.51. The molecule has 0 amide bonds. The molecule has 4 heteroatoms. The van der Waals surface area contributed by atoms with Gasteiger partial charge in [-0.2, -0.15) is 0 Å². The van der Waals surface area contributed by atoms with E-state index in [1.807, 2.05) is 19.4 Å². The minimum atomic E-state index is -0.142. The van der Waals surface area contributed by atoms with Crippen LogP contribution in [0.15, 0.2) is 12.4 Å². The second kappa shape index (κ2) is 6.17. The van der Waals surface area contributed by atoms with Gasteiger partial charge < -0.3 is 14.6 Å². The summed E-state index contributed by atoms with van der Waals surface area (Å²) in [5, 5.41) is 3.54. The molecule has 0 aliphatic heterocycles. The van der Waals surface area contributed by atoms with E-state index in [1.165, 1.54) is 0 Å². The second-order valence-electron chi connectivity index (χ2n) is 5.07. The van der Waals surface area contributed by atoms with Crippen LogP contribution in [0.5, 0.6) is 0 Å². The first-order chi connectivity index (χ1) is 8.00. The zero-order valence-electron chi connectivity index (χ0n) is 11.7. The predicted molar refractivity (Wildman–Crippen MR) is 69.9 cm³/mol. The van der Waals surface area contributed by atoms with Crippen LogP contribution in [-0.2, 0) is 11.8 Å². The Bertz CT molecular complexity index is 333. The molecule has 17 heavy (non-hydrogen) atoms. The van der Waals surface area contributed by atoms with Gasteiger partial charge >= 0.3 is 0 Å². The largest absolute Gasteiger partial charge is 0.379 e. The van der Waals surface area contributed by atoms with Gasteiger partial charge in [0, 0.05) is 26.6 Å². The summed E-state index contributed by atoms with van der Waals surface area (Å²) >= 11 is 0. The molecule has 1 aromatic heterocycles. The van der Waals surface area contributed by atoms with E-state index in [-0.39, 0.29) is 11.6 Å². The number of rotatable bonds is 7. The van der Waals surface area contributed by atoms with Crippen molar-refractivity contribution < 1.29 is 4.74 Å². The van der Waals surface area contributed by atoms with Crippen molar-refractivity contribution in [2.45, 2.75) is 45.3 Å². The average Bonchev–Trinajstić information content (AvgIpc) is 2.70. The fourth-order valence-electron chi connectivity index (χ4n) is 1.86. The SMILES string of the molecule is CCCNC(CC(C)(C)OC)c1nccn1C. The fourth-order valence-corrected chi connectivity index (χ4v) is 1.86. The van der Waals surface area contributed by atoms with Crippen molar-refractivity contribution in [1.82, 2.24) is 14.9 Å². The lowest BCUT2D eigenvalue weighted by Gasteiger charge is -2.29. The zero-order valence-corrected chi connectivity index (χ0v) is 11.7. The van der Waals surface area contributed by atoms with Crippen LogP contribution in [0.2, 0.25) is 0 Å². The molecule has 0 spiro atoms. The zero-order chi connectivity index (χ0) is 12.9. The van der Waals surface area contributed by atoms with Crippen LogP contribution in [0, 0.1) is 0 Å². The summed E-state index contributed by atoms with van der Waals surface area (Å²) in [6.07, 6.45) is 5.86. The Morgan fingerprint density at radius 3 is 2.71 bits per heavy atom. The summed E-state index contributed by atoms with van der Waals surface area (Å²) in [5.74, 6) is 1.07. The van der Waals surface area contributed by atoms with Gasteiger partial charge in [0.2, 0.25) is 0 Å². The van der Waals surface area contributed by atoms with E-state index in [2.05, 4.69) is 35.6 Å². The molecule has 1 aromatic rings. The lowest BCUT2D eigenvalue weighted by molar-refractivity contribution is 0.00591. The third-order valence-corrected chi connectivity index (χ3v) is 3.06. The molecule has 1 heterocycles. The van der Waals surface area contributed by atoms with Crippen molar-refractivity contribution in [3.05, 3.63) is 18.2 Å². The molecular weight excluding hydrogens is 214 g/mol. The number of aromatic nitrogens is 2. The molecule has 1 atom stereocenters. The lowest BCUT2D eigenvalue weighted by Crippen LogP contribution is -2.33. The monoisotopic (exact) mass is 239 g/mol. The van der Waals surface area contributed by atoms with E-state index < -0.39 is 0 Å². The Morgan fingerprint density at radius 2 is 2.24 bits per heavy atom. The van der Waals surface area contributed by atoms with E-state index in [0.717, 1.165) is 25.2 Å². The van der Waals surface area contributed by atoms with E-state index in [4.69, 9.17) is 4.74 Å². The quantitative estimate of drug-likeness (QED) is 0.793. The van der Waals surface area contributed by atoms with E-state index >= 15 is 0 Å². The van der Waals surface area contributed by atoms with Gasteiger partial charge in [-0.15, -0.1) is 0 Å². The first kappa shape index (κ1) is 14.2. The van der Waals surface area contributed by atoms with Crippen molar-refractivity contribution in [2.24, 2.45) is 7.05 Å². The summed E-state index contributed by atoms with van der Waals surface area (Å²) in [5.41, 5.74) is -0.142. The average molecular weight is 239 g/mol. The molecule has 0 aliphatic rings. The Balaban J connectivity index is 2.77. The normalized spacial score (nSPS) is 13.9. The minimum Gasteiger partial charge on any atom is -0.379 e. The van der Waals surface area contributed by atoms with Gasteiger partial charge in [0.05, 0.1) is 11.6 Å². The molecule has 0 aliphatic carbocycles. The number of ether oxygens (including phenoxy) is 1. The van der Waals surface area contributed by atoms with Crippen molar-refractivity contribution in [2.75, 3.05) is 13.7 Å². The molecule has 1 N–H and O–H groups in total. The molecule has 0 saturated carbocycles. The lowest BCUT2D eigenvalue weighted by atomic mass is 9.98. The summed E-state index contributed by atoms with van der Waals surface area (Å²) in [4.78, 5) is 4.43. The molecule has 0 bridgehead atoms. The number of hydrogen-bond acceptors (Lipinski definition) is 3. The van der Waals surface area contributed by atoms with Crippen molar-refractivity contribution in [3.63, 3.8) is 0 Å². The maximum Gasteiger partial charge on any atom is 0.125 e. The Labute approximate surface area is 104 Å². The third kappa shape index (κ3) is 4.13. The highest BCUT2D eigenvalue weighted by atomic mass is 16.5.